The summed E-state index contributed by atoms with van der Waals surface area (Å²) >= 11 is 0. The number of Topliss-reactive ketones (excluding diaryl/α,β-unsaturated/α-hetero) is 1. The van der Waals surface area contributed by atoms with Gasteiger partial charge < -0.3 is 20.4 Å². The fourth-order valence-corrected chi connectivity index (χ4v) is 5.36. The number of aromatic hydroxyl groups is 1. The third-order valence-corrected chi connectivity index (χ3v) is 6.44. The van der Waals surface area contributed by atoms with Gasteiger partial charge in [0.15, 0.2) is 5.78 Å². The summed E-state index contributed by atoms with van der Waals surface area (Å²) in [6.45, 7) is 4.23. The van der Waals surface area contributed by atoms with Crippen LogP contribution in [0.2, 0.25) is 0 Å². The number of carbonyl (C=O) groups is 3. The maximum atomic E-state index is 12.3. The summed E-state index contributed by atoms with van der Waals surface area (Å²) in [4.78, 5) is 30.3. The Morgan fingerprint density at radius 3 is 2.28 bits per heavy atom. The van der Waals surface area contributed by atoms with Crippen molar-refractivity contribution in [2.75, 3.05) is 0 Å². The molecule has 160 valence electrons. The van der Waals surface area contributed by atoms with Crippen LogP contribution in [0.3, 0.4) is 0 Å². The number of aliphatic carboxylic acids is 2. The van der Waals surface area contributed by atoms with Gasteiger partial charge in [-0.3, -0.25) is 14.4 Å². The molecule has 1 aromatic rings. The van der Waals surface area contributed by atoms with E-state index in [4.69, 9.17) is 19.8 Å². The fourth-order valence-electron chi connectivity index (χ4n) is 5.36. The van der Waals surface area contributed by atoms with E-state index in [0.717, 1.165) is 39.5 Å². The van der Waals surface area contributed by atoms with Crippen LogP contribution in [0, 0.1) is 17.3 Å². The maximum Gasteiger partial charge on any atom is 0.300 e. The summed E-state index contributed by atoms with van der Waals surface area (Å²) in [7, 11) is 0. The third kappa shape index (κ3) is 4.96. The van der Waals surface area contributed by atoms with Gasteiger partial charge in [-0.15, -0.1) is 0 Å². The second kappa shape index (κ2) is 8.95. The number of aliphatic hydroxyl groups is 1. The molecule has 4 rings (SSSR count). The molecule has 4 N–H and O–H groups in total. The fraction of sp³-hybridized carbons (Fsp3) is 0.591. The minimum atomic E-state index is -0.833. The van der Waals surface area contributed by atoms with Crippen molar-refractivity contribution in [1.29, 1.82) is 0 Å². The number of fused-ring (bicyclic) bond motifs is 5. The number of carboxylic acids is 2. The van der Waals surface area contributed by atoms with E-state index in [-0.39, 0.29) is 11.2 Å². The second-order valence-corrected chi connectivity index (χ2v) is 8.41. The molecule has 5 atom stereocenters. The molecule has 0 radical (unpaired) electrons. The van der Waals surface area contributed by atoms with Crippen molar-refractivity contribution in [3.63, 3.8) is 0 Å². The molecule has 0 spiro atoms. The first-order chi connectivity index (χ1) is 13.5. The van der Waals surface area contributed by atoms with Gasteiger partial charge in [0.1, 0.15) is 11.9 Å². The van der Waals surface area contributed by atoms with E-state index in [9.17, 15) is 15.0 Å². The van der Waals surface area contributed by atoms with Crippen LogP contribution in [0.1, 0.15) is 63.5 Å². The van der Waals surface area contributed by atoms with E-state index in [1.807, 2.05) is 6.07 Å². The van der Waals surface area contributed by atoms with Gasteiger partial charge in [0.05, 0.1) is 0 Å². The van der Waals surface area contributed by atoms with Crippen LogP contribution < -0.4 is 0 Å². The Hall–Kier alpha value is -2.41. The number of carboxylic acid groups (broad SMARTS) is 2. The van der Waals surface area contributed by atoms with Crippen LogP contribution >= 0.6 is 0 Å². The number of rotatable bonds is 0. The van der Waals surface area contributed by atoms with Crippen LogP contribution in [-0.4, -0.2) is 44.3 Å². The highest BCUT2D eigenvalue weighted by Crippen LogP contribution is 2.59. The van der Waals surface area contributed by atoms with Gasteiger partial charge in [0.25, 0.3) is 11.9 Å². The number of ketones is 1. The average molecular weight is 406 g/mol. The largest absolute Gasteiger partial charge is 0.508 e. The van der Waals surface area contributed by atoms with E-state index in [1.54, 1.807) is 6.07 Å². The van der Waals surface area contributed by atoms with E-state index in [0.29, 0.717) is 29.9 Å². The van der Waals surface area contributed by atoms with Crippen LogP contribution in [-0.2, 0) is 20.8 Å². The Kier molecular flexibility index (Phi) is 7.06. The number of hydrogen-bond acceptors (Lipinski definition) is 5. The molecule has 0 saturated heterocycles. The molecule has 7 nitrogen and oxygen atoms in total. The quantitative estimate of drug-likeness (QED) is 0.521. The summed E-state index contributed by atoms with van der Waals surface area (Å²) < 4.78 is 0. The molecule has 1 aromatic carbocycles. The number of phenolic OH excluding ortho intramolecular Hbond substituents is 1. The highest BCUT2D eigenvalue weighted by molar-refractivity contribution is 5.91. The monoisotopic (exact) mass is 406 g/mol. The molecular weight excluding hydrogens is 376 g/mol. The molecule has 0 aliphatic heterocycles. The normalized spacial score (nSPS) is 31.7. The van der Waals surface area contributed by atoms with E-state index < -0.39 is 18.0 Å². The lowest BCUT2D eigenvalue weighted by Gasteiger charge is -2.48. The molecule has 7 heteroatoms. The second-order valence-electron chi connectivity index (χ2n) is 8.41. The topological polar surface area (TPSA) is 132 Å². The molecule has 0 aromatic heterocycles. The molecular formula is C22H30O7. The van der Waals surface area contributed by atoms with Crippen molar-refractivity contribution in [2.24, 2.45) is 17.3 Å². The Bertz CT molecular complexity index is 767. The van der Waals surface area contributed by atoms with E-state index in [1.165, 1.54) is 11.1 Å². The summed E-state index contributed by atoms with van der Waals surface area (Å²) in [6.07, 6.45) is 3.84. The number of aliphatic hydroxyl groups excluding tert-OH is 1. The molecule has 2 fully saturated rings. The summed E-state index contributed by atoms with van der Waals surface area (Å²) in [5.41, 5.74) is 2.32. The SMILES string of the molecule is CC(=O)O.CC(=O)O.C[C@]12CC[C@@H]3c4ccc(O)cc4CC[C@H]3[C@@H]1C[C@@H](O)C2=O. The number of hydrogen-bond donors (Lipinski definition) is 4. The summed E-state index contributed by atoms with van der Waals surface area (Å²) in [5.74, 6) is 0.0647. The first kappa shape index (κ1) is 22.9. The first-order valence-corrected chi connectivity index (χ1v) is 9.90. The number of carbonyl (C=O) groups excluding carboxylic acids is 1. The van der Waals surface area contributed by atoms with Crippen LogP contribution in [0.4, 0.5) is 0 Å². The molecule has 0 bridgehead atoms. The minimum absolute atomic E-state index is 0.0717. The Balaban J connectivity index is 0.000000324. The van der Waals surface area contributed by atoms with Crippen LogP contribution in [0.15, 0.2) is 18.2 Å². The van der Waals surface area contributed by atoms with Crippen molar-refractivity contribution in [3.05, 3.63) is 29.3 Å². The van der Waals surface area contributed by atoms with Crippen molar-refractivity contribution >= 4 is 17.7 Å². The van der Waals surface area contributed by atoms with Crippen LogP contribution in [0.5, 0.6) is 5.75 Å². The van der Waals surface area contributed by atoms with E-state index >= 15 is 0 Å². The van der Waals surface area contributed by atoms with Gasteiger partial charge in [-0.25, -0.2) is 0 Å². The van der Waals surface area contributed by atoms with Gasteiger partial charge in [-0.2, -0.15) is 0 Å². The van der Waals surface area contributed by atoms with Crippen molar-refractivity contribution in [3.8, 4) is 5.75 Å². The zero-order valence-electron chi connectivity index (χ0n) is 17.1. The minimum Gasteiger partial charge on any atom is -0.508 e. The lowest BCUT2D eigenvalue weighted by molar-refractivity contribution is -0.135. The predicted molar refractivity (Wildman–Crippen MR) is 106 cm³/mol. The Morgan fingerprint density at radius 1 is 1.10 bits per heavy atom. The van der Waals surface area contributed by atoms with Gasteiger partial charge in [-0.1, -0.05) is 13.0 Å². The number of aryl methyl sites for hydroxylation is 1. The Morgan fingerprint density at radius 2 is 1.69 bits per heavy atom. The molecule has 3 aliphatic rings. The average Bonchev–Trinajstić information content (AvgIpc) is 2.84. The van der Waals surface area contributed by atoms with Crippen molar-refractivity contribution in [2.45, 2.75) is 64.9 Å². The standard InChI is InChI=1S/C18H22O3.2C2H4O2/c1-18-7-6-13-12-5-3-11(19)8-10(12)2-4-14(13)15(18)9-16(20)17(18)21;2*1-2(3)4/h3,5,8,13-16,19-20H,2,4,6-7,9H2,1H3;2*1H3,(H,3,4)/t13-,14-,15+,16-,18+;;/m1../s1. The van der Waals surface area contributed by atoms with E-state index in [2.05, 4.69) is 13.0 Å². The lowest BCUT2D eigenvalue weighted by atomic mass is 9.55. The highest BCUT2D eigenvalue weighted by Gasteiger charge is 2.57. The summed E-state index contributed by atoms with van der Waals surface area (Å²) in [5, 5.41) is 34.5. The third-order valence-electron chi connectivity index (χ3n) is 6.44. The molecule has 0 heterocycles. The molecule has 0 amide bonds. The highest BCUT2D eigenvalue weighted by atomic mass is 16.4. The molecule has 2 saturated carbocycles. The number of benzene rings is 1. The Labute approximate surface area is 170 Å². The van der Waals surface area contributed by atoms with Crippen LogP contribution in [0.25, 0.3) is 0 Å². The van der Waals surface area contributed by atoms with Crippen molar-refractivity contribution < 1.29 is 34.8 Å². The lowest BCUT2D eigenvalue weighted by Crippen LogP contribution is -2.42. The van der Waals surface area contributed by atoms with Gasteiger partial charge in [0, 0.05) is 19.3 Å². The van der Waals surface area contributed by atoms with Gasteiger partial charge in [-0.05, 0) is 73.1 Å². The number of phenols is 1. The smallest absolute Gasteiger partial charge is 0.300 e. The van der Waals surface area contributed by atoms with Crippen molar-refractivity contribution in [1.82, 2.24) is 0 Å². The predicted octanol–water partition coefficient (Wildman–Crippen LogP) is 2.97. The van der Waals surface area contributed by atoms with Gasteiger partial charge >= 0.3 is 0 Å². The summed E-state index contributed by atoms with van der Waals surface area (Å²) in [6, 6.07) is 5.75. The maximum absolute atomic E-state index is 12.3. The zero-order chi connectivity index (χ0) is 21.9. The molecule has 0 unspecified atom stereocenters. The first-order valence-electron chi connectivity index (χ1n) is 9.90. The molecule has 3 aliphatic carbocycles. The zero-order valence-corrected chi connectivity index (χ0v) is 17.1. The molecule has 29 heavy (non-hydrogen) atoms. The van der Waals surface area contributed by atoms with Gasteiger partial charge in [0.2, 0.25) is 0 Å².